The van der Waals surface area contributed by atoms with Crippen LogP contribution in [0.2, 0.25) is 5.02 Å². The summed E-state index contributed by atoms with van der Waals surface area (Å²) in [4.78, 5) is 21.4. The van der Waals surface area contributed by atoms with E-state index in [4.69, 9.17) is 16.3 Å². The van der Waals surface area contributed by atoms with Gasteiger partial charge in [0.25, 0.3) is 5.91 Å². The number of hydrogen-bond acceptors (Lipinski definition) is 10. The molecular weight excluding hydrogens is 687 g/mol. The molecule has 2 heterocycles. The van der Waals surface area contributed by atoms with Crippen molar-refractivity contribution in [2.24, 2.45) is 0 Å². The van der Waals surface area contributed by atoms with Crippen molar-refractivity contribution in [3.63, 3.8) is 0 Å². The number of hydrogen-bond donors (Lipinski definition) is 5. The Morgan fingerprint density at radius 2 is 1.83 bits per heavy atom. The van der Waals surface area contributed by atoms with E-state index in [1.54, 1.807) is 36.4 Å². The number of aliphatic hydroxyl groups is 1. The van der Waals surface area contributed by atoms with Gasteiger partial charge in [-0.25, -0.2) is 18.4 Å². The van der Waals surface area contributed by atoms with Crippen LogP contribution in [0, 0.1) is 0 Å². The maximum atomic E-state index is 12.6. The SMILES string of the molecule is CC(C)(C)NC(=O)c1cccc(Oc2ccc(Nc3ncnc4c3C=C(CNCCS(=O)(=O)C(C)(C)CO)CCN4)cc2Cl)c1.Cl.Cl. The van der Waals surface area contributed by atoms with E-state index in [1.165, 1.54) is 20.2 Å². The molecule has 11 nitrogen and oxygen atoms in total. The lowest BCUT2D eigenvalue weighted by atomic mass is 10.1. The first-order chi connectivity index (χ1) is 21.2. The zero-order chi connectivity index (χ0) is 32.8. The van der Waals surface area contributed by atoms with Crippen molar-refractivity contribution >= 4 is 75.6 Å². The standard InChI is InChI=1S/C32H41ClN6O5S.2ClH/c1-31(2,3)39-30(41)22-7-6-8-24(16-22)44-27-10-9-23(17-26(27)33)38-29-25-15-21(11-12-35-28(25)36-20-37-29)18-34-13-14-45(42,43)32(4,5)19-40;;/h6-10,15-17,20,34,40H,11-14,18-19H2,1-5H3,(H,39,41)(H2,35,36,37,38);2*1H. The number of carbonyl (C=O) groups is 1. The van der Waals surface area contributed by atoms with Gasteiger partial charge in [-0.1, -0.05) is 23.2 Å². The fourth-order valence-corrected chi connectivity index (χ4v) is 5.78. The molecule has 0 aliphatic carbocycles. The summed E-state index contributed by atoms with van der Waals surface area (Å²) in [6.07, 6.45) is 4.20. The molecule has 5 N–H and O–H groups in total. The molecule has 0 bridgehead atoms. The third-order valence-corrected chi connectivity index (χ3v) is 9.95. The quantitative estimate of drug-likeness (QED) is 0.140. The van der Waals surface area contributed by atoms with Crippen molar-refractivity contribution in [3.8, 4) is 11.5 Å². The minimum absolute atomic E-state index is 0. The highest BCUT2D eigenvalue weighted by molar-refractivity contribution is 7.92. The predicted molar refractivity (Wildman–Crippen MR) is 194 cm³/mol. The highest BCUT2D eigenvalue weighted by Gasteiger charge is 2.32. The van der Waals surface area contributed by atoms with Gasteiger partial charge in [-0.05, 0) is 83.5 Å². The number of ether oxygens (including phenoxy) is 1. The molecular formula is C32H43Cl3N6O5S. The normalized spacial score (nSPS) is 13.0. The van der Waals surface area contributed by atoms with Gasteiger partial charge in [-0.3, -0.25) is 4.79 Å². The minimum atomic E-state index is -3.46. The molecule has 1 aliphatic heterocycles. The van der Waals surface area contributed by atoms with Gasteiger partial charge >= 0.3 is 0 Å². The maximum Gasteiger partial charge on any atom is 0.251 e. The molecule has 4 rings (SSSR count). The van der Waals surface area contributed by atoms with Gasteiger partial charge in [-0.2, -0.15) is 0 Å². The number of sulfone groups is 1. The first kappa shape index (κ1) is 40.0. The summed E-state index contributed by atoms with van der Waals surface area (Å²) < 4.78 is 29.8. The van der Waals surface area contributed by atoms with Gasteiger partial charge in [0.05, 0.1) is 27.7 Å². The number of anilines is 3. The van der Waals surface area contributed by atoms with Crippen LogP contribution >= 0.6 is 36.4 Å². The molecule has 0 radical (unpaired) electrons. The first-order valence-electron chi connectivity index (χ1n) is 14.7. The van der Waals surface area contributed by atoms with E-state index in [0.29, 0.717) is 52.5 Å². The van der Waals surface area contributed by atoms with Gasteiger partial charge in [-0.15, -0.1) is 24.8 Å². The van der Waals surface area contributed by atoms with E-state index in [9.17, 15) is 18.3 Å². The van der Waals surface area contributed by atoms with E-state index < -0.39 is 21.2 Å². The molecule has 2 aromatic carbocycles. The van der Waals surface area contributed by atoms with Crippen molar-refractivity contribution in [2.45, 2.75) is 51.3 Å². The molecule has 0 fully saturated rings. The average molecular weight is 730 g/mol. The Morgan fingerprint density at radius 3 is 2.51 bits per heavy atom. The number of aromatic nitrogens is 2. The highest BCUT2D eigenvalue weighted by Crippen LogP contribution is 2.34. The third-order valence-electron chi connectivity index (χ3n) is 7.10. The van der Waals surface area contributed by atoms with Crippen LogP contribution in [0.5, 0.6) is 11.5 Å². The van der Waals surface area contributed by atoms with Crippen LogP contribution in [0.4, 0.5) is 17.3 Å². The van der Waals surface area contributed by atoms with E-state index in [1.807, 2.05) is 32.9 Å². The lowest BCUT2D eigenvalue weighted by molar-refractivity contribution is 0.0919. The second-order valence-electron chi connectivity index (χ2n) is 12.5. The summed E-state index contributed by atoms with van der Waals surface area (Å²) in [7, 11) is -3.46. The third kappa shape index (κ3) is 10.9. The number of benzene rings is 2. The first-order valence-corrected chi connectivity index (χ1v) is 16.7. The zero-order valence-electron chi connectivity index (χ0n) is 27.0. The second-order valence-corrected chi connectivity index (χ2v) is 15.6. The Hall–Kier alpha value is -3.13. The summed E-state index contributed by atoms with van der Waals surface area (Å²) in [5.41, 5.74) is 2.62. The smallest absolute Gasteiger partial charge is 0.251 e. The van der Waals surface area contributed by atoms with E-state index in [2.05, 4.69) is 31.2 Å². The van der Waals surface area contributed by atoms with Gasteiger partial charge in [0.15, 0.2) is 9.84 Å². The van der Waals surface area contributed by atoms with Crippen LogP contribution in [0.3, 0.4) is 0 Å². The lowest BCUT2D eigenvalue weighted by Gasteiger charge is -2.22. The molecule has 0 saturated carbocycles. The number of fused-ring (bicyclic) bond motifs is 1. The second kappa shape index (κ2) is 16.8. The van der Waals surface area contributed by atoms with Crippen LogP contribution in [-0.4, -0.2) is 71.7 Å². The number of rotatable bonds is 12. The Kier molecular flexibility index (Phi) is 14.3. The van der Waals surface area contributed by atoms with Crippen LogP contribution < -0.4 is 26.0 Å². The average Bonchev–Trinajstić information content (AvgIpc) is 3.19. The monoisotopic (exact) mass is 728 g/mol. The largest absolute Gasteiger partial charge is 0.456 e. The maximum absolute atomic E-state index is 12.6. The van der Waals surface area contributed by atoms with E-state index >= 15 is 0 Å². The van der Waals surface area contributed by atoms with Crippen molar-refractivity contribution in [1.82, 2.24) is 20.6 Å². The Balaban J connectivity index is 0.00000384. The van der Waals surface area contributed by atoms with Crippen molar-refractivity contribution < 1.29 is 23.1 Å². The van der Waals surface area contributed by atoms with Crippen molar-refractivity contribution in [2.75, 3.05) is 42.6 Å². The lowest BCUT2D eigenvalue weighted by Crippen LogP contribution is -2.40. The summed E-state index contributed by atoms with van der Waals surface area (Å²) >= 11 is 6.60. The topological polar surface area (TPSA) is 155 Å². The Morgan fingerprint density at radius 1 is 1.09 bits per heavy atom. The molecule has 47 heavy (non-hydrogen) atoms. The molecule has 1 aliphatic rings. The number of carbonyl (C=O) groups excluding carboxylic acids is 1. The minimum Gasteiger partial charge on any atom is -0.456 e. The fourth-order valence-electron chi connectivity index (χ4n) is 4.40. The van der Waals surface area contributed by atoms with Crippen molar-refractivity contribution in [1.29, 1.82) is 0 Å². The molecule has 0 saturated heterocycles. The number of nitrogens with zero attached hydrogens (tertiary/aromatic N) is 2. The highest BCUT2D eigenvalue weighted by atomic mass is 35.5. The van der Waals surface area contributed by atoms with Gasteiger partial charge < -0.3 is 31.1 Å². The molecule has 15 heteroatoms. The molecule has 0 spiro atoms. The summed E-state index contributed by atoms with van der Waals surface area (Å²) in [5, 5.41) is 22.6. The summed E-state index contributed by atoms with van der Waals surface area (Å²) in [6.45, 7) is 9.79. The van der Waals surface area contributed by atoms with Crippen LogP contribution in [0.1, 0.15) is 57.0 Å². The predicted octanol–water partition coefficient (Wildman–Crippen LogP) is 6.01. The fraction of sp³-hybridized carbons (Fsp3) is 0.406. The summed E-state index contributed by atoms with van der Waals surface area (Å²) in [6, 6.07) is 12.2. The Bertz CT molecular complexity index is 1680. The Labute approximate surface area is 294 Å². The number of nitrogens with one attached hydrogen (secondary N) is 4. The van der Waals surface area contributed by atoms with E-state index in [0.717, 1.165) is 17.6 Å². The number of aliphatic hydroxyl groups excluding tert-OH is 1. The number of amides is 1. The number of halogens is 3. The van der Waals surface area contributed by atoms with Crippen LogP contribution in [-0.2, 0) is 9.84 Å². The van der Waals surface area contributed by atoms with Crippen LogP contribution in [0.25, 0.3) is 6.08 Å². The van der Waals surface area contributed by atoms with Crippen molar-refractivity contribution in [3.05, 3.63) is 70.5 Å². The van der Waals surface area contributed by atoms with Gasteiger partial charge in [0.1, 0.15) is 29.5 Å². The van der Waals surface area contributed by atoms with Gasteiger partial charge in [0, 0.05) is 36.4 Å². The molecule has 3 aromatic rings. The molecule has 1 aromatic heterocycles. The van der Waals surface area contributed by atoms with Gasteiger partial charge in [0.2, 0.25) is 0 Å². The molecule has 258 valence electrons. The molecule has 0 unspecified atom stereocenters. The molecule has 1 amide bonds. The molecule has 0 atom stereocenters. The van der Waals surface area contributed by atoms with E-state index in [-0.39, 0.29) is 48.6 Å². The zero-order valence-corrected chi connectivity index (χ0v) is 30.2. The van der Waals surface area contributed by atoms with Crippen LogP contribution in [0.15, 0.2) is 54.4 Å². The summed E-state index contributed by atoms with van der Waals surface area (Å²) in [5.74, 6) is 1.89.